The highest BCUT2D eigenvalue weighted by Gasteiger charge is 2.21. The Bertz CT molecular complexity index is 945. The van der Waals surface area contributed by atoms with Gasteiger partial charge >= 0.3 is 5.97 Å². The van der Waals surface area contributed by atoms with Gasteiger partial charge in [0.25, 0.3) is 5.91 Å². The highest BCUT2D eigenvalue weighted by atomic mass is 19.1. The van der Waals surface area contributed by atoms with Crippen molar-refractivity contribution in [3.8, 4) is 11.5 Å². The molecule has 0 aromatic heterocycles. The smallest absolute Gasteiger partial charge is 0.310 e. The highest BCUT2D eigenvalue weighted by Crippen LogP contribution is 2.39. The molecule has 1 aliphatic heterocycles. The van der Waals surface area contributed by atoms with Gasteiger partial charge in [0, 0.05) is 25.2 Å². The van der Waals surface area contributed by atoms with Gasteiger partial charge in [0.2, 0.25) is 0 Å². The molecule has 1 heterocycles. The molecular formula is C24H29FN2O6. The molecule has 33 heavy (non-hydrogen) atoms. The summed E-state index contributed by atoms with van der Waals surface area (Å²) in [6, 6.07) is 9.09. The van der Waals surface area contributed by atoms with Gasteiger partial charge in [0.1, 0.15) is 17.3 Å². The summed E-state index contributed by atoms with van der Waals surface area (Å²) in [6.45, 7) is 6.84. The quantitative estimate of drug-likeness (QED) is 0.545. The van der Waals surface area contributed by atoms with Crippen molar-refractivity contribution in [3.63, 3.8) is 0 Å². The van der Waals surface area contributed by atoms with E-state index in [-0.39, 0.29) is 12.2 Å². The molecule has 2 aromatic carbocycles. The molecule has 1 N–H and O–H groups in total. The Morgan fingerprint density at radius 3 is 2.36 bits per heavy atom. The fraction of sp³-hybridized carbons (Fsp3) is 0.417. The molecule has 8 nitrogen and oxygen atoms in total. The Hall–Kier alpha value is -3.33. The minimum atomic E-state index is -0.584. The molecule has 0 spiro atoms. The third-order valence-corrected chi connectivity index (χ3v) is 4.91. The fourth-order valence-electron chi connectivity index (χ4n) is 3.40. The van der Waals surface area contributed by atoms with Crippen molar-refractivity contribution in [1.29, 1.82) is 0 Å². The van der Waals surface area contributed by atoms with Crippen LogP contribution in [-0.4, -0.2) is 58.0 Å². The van der Waals surface area contributed by atoms with Crippen molar-refractivity contribution in [1.82, 2.24) is 0 Å². The summed E-state index contributed by atoms with van der Waals surface area (Å²) in [7, 11) is 0. The van der Waals surface area contributed by atoms with Gasteiger partial charge in [-0.15, -0.1) is 0 Å². The van der Waals surface area contributed by atoms with E-state index in [4.69, 9.17) is 18.9 Å². The van der Waals surface area contributed by atoms with Crippen molar-refractivity contribution in [2.45, 2.75) is 20.3 Å². The lowest BCUT2D eigenvalue weighted by molar-refractivity contribution is -0.146. The van der Waals surface area contributed by atoms with Crippen LogP contribution in [0, 0.1) is 5.82 Å². The van der Waals surface area contributed by atoms with Crippen LogP contribution in [0.25, 0.3) is 0 Å². The zero-order valence-corrected chi connectivity index (χ0v) is 18.9. The Balaban J connectivity index is 1.67. The van der Waals surface area contributed by atoms with Crippen LogP contribution in [0.1, 0.15) is 19.4 Å². The standard InChI is InChI=1S/C24H29FN2O6/c1-3-31-21-15-20(27-9-11-30-12-10-27)22(32-4-2)14-19(21)26-23(28)16-33-24(29)13-17-5-7-18(25)8-6-17/h5-8,14-15H,3-4,9-13,16H2,1-2H3,(H,26,28). The van der Waals surface area contributed by atoms with Gasteiger partial charge in [-0.2, -0.15) is 0 Å². The van der Waals surface area contributed by atoms with Crippen LogP contribution in [0.3, 0.4) is 0 Å². The molecule has 1 aliphatic rings. The van der Waals surface area contributed by atoms with E-state index >= 15 is 0 Å². The summed E-state index contributed by atoms with van der Waals surface area (Å²) >= 11 is 0. The van der Waals surface area contributed by atoms with E-state index in [1.807, 2.05) is 19.9 Å². The molecule has 9 heteroatoms. The molecule has 1 saturated heterocycles. The summed E-state index contributed by atoms with van der Waals surface area (Å²) < 4.78 is 35.1. The van der Waals surface area contributed by atoms with Crippen LogP contribution in [0.4, 0.5) is 15.8 Å². The number of carbonyl (C=O) groups is 2. The number of carbonyl (C=O) groups excluding carboxylic acids is 2. The van der Waals surface area contributed by atoms with Crippen LogP contribution < -0.4 is 19.7 Å². The number of rotatable bonds is 10. The molecule has 1 fully saturated rings. The second-order valence-electron chi connectivity index (χ2n) is 7.29. The zero-order chi connectivity index (χ0) is 23.6. The predicted octanol–water partition coefficient (Wildman–Crippen LogP) is 3.18. The van der Waals surface area contributed by atoms with Gasteiger partial charge in [-0.1, -0.05) is 12.1 Å². The Kier molecular flexibility index (Phi) is 8.88. The van der Waals surface area contributed by atoms with Gasteiger partial charge < -0.3 is 29.2 Å². The highest BCUT2D eigenvalue weighted by molar-refractivity contribution is 5.95. The molecule has 0 saturated carbocycles. The molecular weight excluding hydrogens is 431 g/mol. The summed E-state index contributed by atoms with van der Waals surface area (Å²) in [5.41, 5.74) is 1.89. The molecule has 3 rings (SSSR count). The fourth-order valence-corrected chi connectivity index (χ4v) is 3.40. The SMILES string of the molecule is CCOc1cc(N2CCOCC2)c(OCC)cc1NC(=O)COC(=O)Cc1ccc(F)cc1. The summed E-state index contributed by atoms with van der Waals surface area (Å²) in [5.74, 6) is -0.369. The van der Waals surface area contributed by atoms with Gasteiger partial charge in [0.15, 0.2) is 6.61 Å². The minimum absolute atomic E-state index is 0.0551. The number of hydrogen-bond acceptors (Lipinski definition) is 7. The van der Waals surface area contributed by atoms with Crippen molar-refractivity contribution >= 4 is 23.3 Å². The second kappa shape index (κ2) is 12.1. The molecule has 0 aliphatic carbocycles. The van der Waals surface area contributed by atoms with E-state index in [2.05, 4.69) is 10.2 Å². The number of nitrogens with one attached hydrogen (secondary N) is 1. The first kappa shape index (κ1) is 24.3. The normalized spacial score (nSPS) is 13.4. The Morgan fingerprint density at radius 2 is 1.70 bits per heavy atom. The van der Waals surface area contributed by atoms with Crippen molar-refractivity contribution in [2.24, 2.45) is 0 Å². The van der Waals surface area contributed by atoms with Crippen LogP contribution >= 0.6 is 0 Å². The number of ether oxygens (including phenoxy) is 4. The van der Waals surface area contributed by atoms with E-state index < -0.39 is 18.5 Å². The van der Waals surface area contributed by atoms with Gasteiger partial charge in [0.05, 0.1) is 44.2 Å². The molecule has 2 aromatic rings. The first-order chi connectivity index (χ1) is 16.0. The number of morpholine rings is 1. The Morgan fingerprint density at radius 1 is 1.03 bits per heavy atom. The third kappa shape index (κ3) is 7.08. The maximum atomic E-state index is 13.0. The Labute approximate surface area is 192 Å². The first-order valence-corrected chi connectivity index (χ1v) is 11.0. The van der Waals surface area contributed by atoms with Crippen LogP contribution in [0.2, 0.25) is 0 Å². The van der Waals surface area contributed by atoms with Crippen LogP contribution in [-0.2, 0) is 25.5 Å². The van der Waals surface area contributed by atoms with Gasteiger partial charge in [-0.25, -0.2) is 4.39 Å². The van der Waals surface area contributed by atoms with Crippen molar-refractivity contribution in [2.75, 3.05) is 56.3 Å². The summed E-state index contributed by atoms with van der Waals surface area (Å²) in [4.78, 5) is 26.6. The zero-order valence-electron chi connectivity index (χ0n) is 18.9. The molecule has 0 bridgehead atoms. The predicted molar refractivity (Wildman–Crippen MR) is 122 cm³/mol. The van der Waals surface area contributed by atoms with E-state index in [0.717, 1.165) is 18.8 Å². The first-order valence-electron chi connectivity index (χ1n) is 11.0. The number of halogens is 1. The number of nitrogens with zero attached hydrogens (tertiary/aromatic N) is 1. The van der Waals surface area contributed by atoms with E-state index in [9.17, 15) is 14.0 Å². The maximum absolute atomic E-state index is 13.0. The monoisotopic (exact) mass is 460 g/mol. The topological polar surface area (TPSA) is 86.3 Å². The molecule has 0 atom stereocenters. The minimum Gasteiger partial charge on any atom is -0.492 e. The molecule has 0 unspecified atom stereocenters. The number of esters is 1. The van der Waals surface area contributed by atoms with Crippen LogP contribution in [0.15, 0.2) is 36.4 Å². The average molecular weight is 461 g/mol. The van der Waals surface area contributed by atoms with Crippen molar-refractivity contribution < 1.29 is 32.9 Å². The summed E-state index contributed by atoms with van der Waals surface area (Å²) in [6.07, 6.45) is -0.0551. The average Bonchev–Trinajstić information content (AvgIpc) is 2.81. The largest absolute Gasteiger partial charge is 0.492 e. The second-order valence-corrected chi connectivity index (χ2v) is 7.29. The number of amides is 1. The van der Waals surface area contributed by atoms with E-state index in [1.165, 1.54) is 24.3 Å². The number of hydrogen-bond donors (Lipinski definition) is 1. The molecule has 0 radical (unpaired) electrons. The lowest BCUT2D eigenvalue weighted by Crippen LogP contribution is -2.36. The lowest BCUT2D eigenvalue weighted by atomic mass is 10.1. The van der Waals surface area contributed by atoms with Crippen molar-refractivity contribution in [3.05, 3.63) is 47.8 Å². The maximum Gasteiger partial charge on any atom is 0.310 e. The van der Waals surface area contributed by atoms with Gasteiger partial charge in [-0.05, 0) is 31.5 Å². The molecule has 1 amide bonds. The van der Waals surface area contributed by atoms with E-state index in [1.54, 1.807) is 6.07 Å². The number of benzene rings is 2. The summed E-state index contributed by atoms with van der Waals surface area (Å²) in [5, 5.41) is 2.74. The number of anilines is 2. The lowest BCUT2D eigenvalue weighted by Gasteiger charge is -2.31. The van der Waals surface area contributed by atoms with Gasteiger partial charge in [-0.3, -0.25) is 9.59 Å². The van der Waals surface area contributed by atoms with Crippen LogP contribution in [0.5, 0.6) is 11.5 Å². The third-order valence-electron chi connectivity index (χ3n) is 4.91. The van der Waals surface area contributed by atoms with E-state index in [0.29, 0.717) is 49.2 Å². The molecule has 178 valence electrons.